The highest BCUT2D eigenvalue weighted by Crippen LogP contribution is 2.41. The molecule has 1 atom stereocenters. The second kappa shape index (κ2) is 2.95. The maximum atomic E-state index is 7.72. The van der Waals surface area contributed by atoms with Crippen molar-refractivity contribution >= 4 is 11.6 Å². The van der Waals surface area contributed by atoms with Crippen molar-refractivity contribution in [3.63, 3.8) is 0 Å². The van der Waals surface area contributed by atoms with Crippen molar-refractivity contribution in [2.24, 2.45) is 5.41 Å². The average molecular weight is 205 g/mol. The smallest absolute Gasteiger partial charge is 0.216 e. The molecular formula is C11H15N3O. The highest BCUT2D eigenvalue weighted by Gasteiger charge is 2.38. The summed E-state index contributed by atoms with van der Waals surface area (Å²) >= 11 is 0. The number of rotatable bonds is 0. The van der Waals surface area contributed by atoms with Crippen molar-refractivity contribution in [2.45, 2.75) is 26.9 Å². The Labute approximate surface area is 89.0 Å². The van der Waals surface area contributed by atoms with E-state index in [1.165, 1.54) is 0 Å². The number of nitrogen functional groups attached to an aromatic ring is 1. The van der Waals surface area contributed by atoms with Crippen molar-refractivity contribution in [3.8, 4) is 0 Å². The summed E-state index contributed by atoms with van der Waals surface area (Å²) in [6.07, 6.45) is 1.46. The molecule has 4 nitrogen and oxygen atoms in total. The van der Waals surface area contributed by atoms with E-state index in [1.807, 2.05) is 0 Å². The minimum absolute atomic E-state index is 0.0688. The van der Waals surface area contributed by atoms with Crippen LogP contribution in [0.5, 0.6) is 0 Å². The van der Waals surface area contributed by atoms with Gasteiger partial charge in [0.15, 0.2) is 0 Å². The Morgan fingerprint density at radius 3 is 2.73 bits per heavy atom. The van der Waals surface area contributed by atoms with E-state index in [0.29, 0.717) is 5.69 Å². The van der Waals surface area contributed by atoms with Gasteiger partial charge in [0.25, 0.3) is 0 Å². The minimum Gasteiger partial charge on any atom is -0.467 e. The van der Waals surface area contributed by atoms with Gasteiger partial charge < -0.3 is 10.5 Å². The van der Waals surface area contributed by atoms with Gasteiger partial charge >= 0.3 is 0 Å². The summed E-state index contributed by atoms with van der Waals surface area (Å²) in [7, 11) is 0. The van der Waals surface area contributed by atoms with Crippen molar-refractivity contribution in [3.05, 3.63) is 23.5 Å². The molecule has 1 aromatic rings. The zero-order valence-corrected chi connectivity index (χ0v) is 9.16. The van der Waals surface area contributed by atoms with Crippen LogP contribution in [-0.2, 0) is 4.74 Å². The van der Waals surface area contributed by atoms with E-state index in [-0.39, 0.29) is 17.4 Å². The summed E-state index contributed by atoms with van der Waals surface area (Å²) in [6, 6.07) is 1.75. The largest absolute Gasteiger partial charge is 0.467 e. The molecule has 0 saturated carbocycles. The Morgan fingerprint density at radius 1 is 1.47 bits per heavy atom. The van der Waals surface area contributed by atoms with Crippen LogP contribution in [0.25, 0.3) is 0 Å². The fraction of sp³-hybridized carbons (Fsp3) is 0.455. The van der Waals surface area contributed by atoms with Gasteiger partial charge in [0.1, 0.15) is 6.10 Å². The molecule has 1 aromatic heterocycles. The van der Waals surface area contributed by atoms with E-state index in [4.69, 9.17) is 15.9 Å². The van der Waals surface area contributed by atoms with Gasteiger partial charge in [-0.1, -0.05) is 20.8 Å². The van der Waals surface area contributed by atoms with Gasteiger partial charge in [-0.25, -0.2) is 0 Å². The molecule has 0 aromatic carbocycles. The lowest BCUT2D eigenvalue weighted by Crippen LogP contribution is -2.18. The molecule has 15 heavy (non-hydrogen) atoms. The van der Waals surface area contributed by atoms with Gasteiger partial charge in [-0.15, -0.1) is 0 Å². The van der Waals surface area contributed by atoms with E-state index >= 15 is 0 Å². The molecule has 0 spiro atoms. The second-order valence-corrected chi connectivity index (χ2v) is 4.89. The average Bonchev–Trinajstić information content (AvgIpc) is 2.43. The molecule has 2 heterocycles. The van der Waals surface area contributed by atoms with Crippen LogP contribution in [0.1, 0.15) is 38.1 Å². The van der Waals surface area contributed by atoms with Crippen LogP contribution < -0.4 is 5.73 Å². The minimum atomic E-state index is -0.152. The predicted octanol–water partition coefficient (Wildman–Crippen LogP) is 2.11. The third-order valence-electron chi connectivity index (χ3n) is 2.45. The number of ether oxygens (including phenoxy) is 1. The standard InChI is InChI=1S/C11H15N3O/c1-11(2,3)9-8-7(10(13)15-9)4-6(12)5-14-8/h4-5,9,13H,12H2,1-3H3. The van der Waals surface area contributed by atoms with Gasteiger partial charge in [0.2, 0.25) is 5.90 Å². The Balaban J connectivity index is 2.52. The summed E-state index contributed by atoms with van der Waals surface area (Å²) in [5.41, 5.74) is 7.67. The van der Waals surface area contributed by atoms with E-state index in [9.17, 15) is 0 Å². The van der Waals surface area contributed by atoms with Gasteiger partial charge in [-0.2, -0.15) is 0 Å². The first-order chi connectivity index (χ1) is 6.89. The molecule has 3 N–H and O–H groups in total. The molecule has 80 valence electrons. The molecule has 0 radical (unpaired) electrons. The molecule has 0 saturated heterocycles. The quantitative estimate of drug-likeness (QED) is 0.681. The first kappa shape index (κ1) is 9.96. The fourth-order valence-corrected chi connectivity index (χ4v) is 1.71. The Hall–Kier alpha value is -1.58. The summed E-state index contributed by atoms with van der Waals surface area (Å²) < 4.78 is 5.52. The fourth-order valence-electron chi connectivity index (χ4n) is 1.71. The topological polar surface area (TPSA) is 72.0 Å². The number of aromatic nitrogens is 1. The number of nitrogens with one attached hydrogen (secondary N) is 1. The van der Waals surface area contributed by atoms with E-state index in [0.717, 1.165) is 11.3 Å². The Bertz CT molecular complexity index is 420. The lowest BCUT2D eigenvalue weighted by atomic mass is 9.87. The van der Waals surface area contributed by atoms with Crippen LogP contribution >= 0.6 is 0 Å². The molecule has 0 fully saturated rings. The normalized spacial score (nSPS) is 19.9. The first-order valence-electron chi connectivity index (χ1n) is 4.90. The van der Waals surface area contributed by atoms with E-state index in [1.54, 1.807) is 12.3 Å². The van der Waals surface area contributed by atoms with E-state index in [2.05, 4.69) is 25.8 Å². The van der Waals surface area contributed by atoms with Gasteiger partial charge in [-0.05, 0) is 6.07 Å². The summed E-state index contributed by atoms with van der Waals surface area (Å²) in [5.74, 6) is 0.171. The van der Waals surface area contributed by atoms with Gasteiger partial charge in [-0.3, -0.25) is 10.4 Å². The highest BCUT2D eigenvalue weighted by atomic mass is 16.5. The maximum Gasteiger partial charge on any atom is 0.216 e. The zero-order valence-electron chi connectivity index (χ0n) is 9.16. The highest BCUT2D eigenvalue weighted by molar-refractivity contribution is 5.96. The van der Waals surface area contributed by atoms with Crippen LogP contribution in [0.2, 0.25) is 0 Å². The molecule has 1 aliphatic rings. The number of pyridine rings is 1. The third-order valence-corrected chi connectivity index (χ3v) is 2.45. The summed E-state index contributed by atoms with van der Waals surface area (Å²) in [6.45, 7) is 6.20. The number of fused-ring (bicyclic) bond motifs is 1. The lowest BCUT2D eigenvalue weighted by molar-refractivity contribution is 0.0841. The summed E-state index contributed by atoms with van der Waals surface area (Å²) in [4.78, 5) is 4.27. The van der Waals surface area contributed by atoms with Crippen molar-refractivity contribution in [1.29, 1.82) is 5.41 Å². The number of nitrogens with zero attached hydrogens (tertiary/aromatic N) is 1. The van der Waals surface area contributed by atoms with Crippen molar-refractivity contribution in [2.75, 3.05) is 5.73 Å². The molecule has 1 aliphatic heterocycles. The number of hydrogen-bond donors (Lipinski definition) is 2. The molecule has 0 amide bonds. The molecule has 0 aliphatic carbocycles. The number of anilines is 1. The van der Waals surface area contributed by atoms with Crippen LogP contribution in [0.4, 0.5) is 5.69 Å². The van der Waals surface area contributed by atoms with Crippen molar-refractivity contribution in [1.82, 2.24) is 4.98 Å². The SMILES string of the molecule is CC(C)(C)C1OC(=N)c2cc(N)cnc21. The Kier molecular flexibility index (Phi) is 1.96. The number of nitrogens with two attached hydrogens (primary N) is 1. The maximum absolute atomic E-state index is 7.72. The predicted molar refractivity (Wildman–Crippen MR) is 58.8 cm³/mol. The summed E-state index contributed by atoms with van der Waals surface area (Å²) in [5, 5.41) is 7.72. The zero-order chi connectivity index (χ0) is 11.2. The number of hydrogen-bond acceptors (Lipinski definition) is 4. The molecule has 4 heteroatoms. The second-order valence-electron chi connectivity index (χ2n) is 4.89. The van der Waals surface area contributed by atoms with Crippen molar-refractivity contribution < 1.29 is 4.74 Å². The van der Waals surface area contributed by atoms with Crippen LogP contribution in [0.15, 0.2) is 12.3 Å². The third kappa shape index (κ3) is 1.56. The molecule has 2 rings (SSSR count). The van der Waals surface area contributed by atoms with Crippen LogP contribution in [-0.4, -0.2) is 10.9 Å². The molecule has 0 bridgehead atoms. The van der Waals surface area contributed by atoms with Crippen LogP contribution in [0.3, 0.4) is 0 Å². The molecule has 1 unspecified atom stereocenters. The lowest BCUT2D eigenvalue weighted by Gasteiger charge is -2.25. The molecular weight excluding hydrogens is 190 g/mol. The van der Waals surface area contributed by atoms with Gasteiger partial charge in [0.05, 0.1) is 23.1 Å². The van der Waals surface area contributed by atoms with E-state index < -0.39 is 0 Å². The van der Waals surface area contributed by atoms with Crippen LogP contribution in [0, 0.1) is 10.8 Å². The van der Waals surface area contributed by atoms with Gasteiger partial charge in [0, 0.05) is 5.41 Å². The monoisotopic (exact) mass is 205 g/mol. The Morgan fingerprint density at radius 2 is 2.13 bits per heavy atom. The first-order valence-corrected chi connectivity index (χ1v) is 4.90.